The fourth-order valence-electron chi connectivity index (χ4n) is 2.27. The third-order valence-corrected chi connectivity index (χ3v) is 5.01. The Morgan fingerprint density at radius 3 is 2.67 bits per heavy atom. The van der Waals surface area contributed by atoms with Crippen molar-refractivity contribution >= 4 is 29.3 Å². The van der Waals surface area contributed by atoms with Crippen molar-refractivity contribution < 1.29 is 4.79 Å². The maximum Gasteiger partial charge on any atom is 0.240 e. The molecule has 2 aliphatic heterocycles. The zero-order valence-electron chi connectivity index (χ0n) is 8.95. The average Bonchev–Trinajstić information content (AvgIpc) is 2.82. The lowest BCUT2D eigenvalue weighted by atomic mass is 10.0. The third-order valence-electron chi connectivity index (χ3n) is 3.28. The van der Waals surface area contributed by atoms with Gasteiger partial charge < -0.3 is 4.90 Å². The molecule has 4 heteroatoms. The summed E-state index contributed by atoms with van der Waals surface area (Å²) in [5.41, 5.74) is 0. The summed E-state index contributed by atoms with van der Waals surface area (Å²) in [7, 11) is 0. The van der Waals surface area contributed by atoms with Gasteiger partial charge >= 0.3 is 0 Å². The Morgan fingerprint density at radius 2 is 2.07 bits per heavy atom. The van der Waals surface area contributed by atoms with Gasteiger partial charge in [0.2, 0.25) is 5.91 Å². The first-order valence-corrected chi connectivity index (χ1v) is 7.39. The normalized spacial score (nSPS) is 29.1. The van der Waals surface area contributed by atoms with Crippen molar-refractivity contribution in [3.05, 3.63) is 0 Å². The molecule has 0 bridgehead atoms. The summed E-state index contributed by atoms with van der Waals surface area (Å²) >= 11 is 8.19. The minimum Gasteiger partial charge on any atom is -0.341 e. The summed E-state index contributed by atoms with van der Waals surface area (Å²) in [6, 6.07) is 0. The number of carbonyl (C=O) groups excluding carboxylic acids is 1. The van der Waals surface area contributed by atoms with Crippen molar-refractivity contribution in [1.82, 2.24) is 4.90 Å². The SMILES string of the molecule is O=C(C(Cl)C1CCSC1)N1CCCCC1. The lowest BCUT2D eigenvalue weighted by molar-refractivity contribution is -0.132. The van der Waals surface area contributed by atoms with E-state index in [1.165, 1.54) is 12.2 Å². The first kappa shape index (κ1) is 11.6. The van der Waals surface area contributed by atoms with Gasteiger partial charge in [0.15, 0.2) is 0 Å². The van der Waals surface area contributed by atoms with E-state index in [2.05, 4.69) is 0 Å². The van der Waals surface area contributed by atoms with E-state index < -0.39 is 0 Å². The van der Waals surface area contributed by atoms with Gasteiger partial charge in [-0.15, -0.1) is 11.6 Å². The molecular formula is C11H18ClNOS. The molecule has 86 valence electrons. The van der Waals surface area contributed by atoms with Crippen LogP contribution in [0.1, 0.15) is 25.7 Å². The van der Waals surface area contributed by atoms with Crippen molar-refractivity contribution in [2.24, 2.45) is 5.92 Å². The molecule has 0 aromatic heterocycles. The molecule has 2 nitrogen and oxygen atoms in total. The van der Waals surface area contributed by atoms with Crippen LogP contribution in [0.2, 0.25) is 0 Å². The van der Waals surface area contributed by atoms with E-state index in [1.807, 2.05) is 16.7 Å². The highest BCUT2D eigenvalue weighted by Crippen LogP contribution is 2.30. The maximum absolute atomic E-state index is 12.1. The molecule has 0 aromatic rings. The highest BCUT2D eigenvalue weighted by Gasteiger charge is 2.32. The molecule has 2 rings (SSSR count). The fraction of sp³-hybridized carbons (Fsp3) is 0.909. The predicted octanol–water partition coefficient (Wildman–Crippen LogP) is 2.36. The lowest BCUT2D eigenvalue weighted by Gasteiger charge is -2.30. The zero-order valence-corrected chi connectivity index (χ0v) is 10.5. The molecule has 0 aromatic carbocycles. The van der Waals surface area contributed by atoms with E-state index in [9.17, 15) is 4.79 Å². The van der Waals surface area contributed by atoms with E-state index in [-0.39, 0.29) is 11.3 Å². The molecular weight excluding hydrogens is 230 g/mol. The van der Waals surface area contributed by atoms with E-state index >= 15 is 0 Å². The van der Waals surface area contributed by atoms with Crippen LogP contribution in [0.25, 0.3) is 0 Å². The molecule has 2 unspecified atom stereocenters. The Kier molecular flexibility index (Phi) is 4.21. The predicted molar refractivity (Wildman–Crippen MR) is 65.5 cm³/mol. The van der Waals surface area contributed by atoms with Crippen LogP contribution in [-0.4, -0.2) is 40.8 Å². The second kappa shape index (κ2) is 5.44. The van der Waals surface area contributed by atoms with Crippen LogP contribution >= 0.6 is 23.4 Å². The van der Waals surface area contributed by atoms with E-state index in [4.69, 9.17) is 11.6 Å². The molecule has 0 saturated carbocycles. The van der Waals surface area contributed by atoms with E-state index in [1.54, 1.807) is 0 Å². The number of carbonyl (C=O) groups is 1. The van der Waals surface area contributed by atoms with Crippen LogP contribution in [0.3, 0.4) is 0 Å². The topological polar surface area (TPSA) is 20.3 Å². The highest BCUT2D eigenvalue weighted by atomic mass is 35.5. The largest absolute Gasteiger partial charge is 0.341 e. The van der Waals surface area contributed by atoms with Crippen LogP contribution in [0, 0.1) is 5.92 Å². The first-order valence-electron chi connectivity index (χ1n) is 5.79. The number of rotatable bonds is 2. The summed E-state index contributed by atoms with van der Waals surface area (Å²) in [6.07, 6.45) is 4.66. The van der Waals surface area contributed by atoms with Crippen molar-refractivity contribution in [2.75, 3.05) is 24.6 Å². The van der Waals surface area contributed by atoms with Gasteiger partial charge in [0.25, 0.3) is 0 Å². The fourth-order valence-corrected chi connectivity index (χ4v) is 4.03. The Labute approximate surface area is 101 Å². The lowest BCUT2D eigenvalue weighted by Crippen LogP contribution is -2.42. The summed E-state index contributed by atoms with van der Waals surface area (Å²) in [6.45, 7) is 1.84. The van der Waals surface area contributed by atoms with Crippen molar-refractivity contribution in [1.29, 1.82) is 0 Å². The van der Waals surface area contributed by atoms with Crippen LogP contribution in [-0.2, 0) is 4.79 Å². The molecule has 2 heterocycles. The quantitative estimate of drug-likeness (QED) is 0.699. The molecule has 2 atom stereocenters. The summed E-state index contributed by atoms with van der Waals surface area (Å²) in [5.74, 6) is 2.82. The smallest absolute Gasteiger partial charge is 0.240 e. The van der Waals surface area contributed by atoms with Crippen molar-refractivity contribution in [2.45, 2.75) is 31.1 Å². The maximum atomic E-state index is 12.1. The Morgan fingerprint density at radius 1 is 1.33 bits per heavy atom. The number of hydrogen-bond acceptors (Lipinski definition) is 2. The summed E-state index contributed by atoms with van der Waals surface area (Å²) in [5, 5.41) is -0.266. The van der Waals surface area contributed by atoms with Crippen LogP contribution in [0.4, 0.5) is 0 Å². The number of halogens is 1. The van der Waals surface area contributed by atoms with Gasteiger partial charge in [-0.05, 0) is 43.1 Å². The summed E-state index contributed by atoms with van der Waals surface area (Å²) in [4.78, 5) is 14.0. The average molecular weight is 248 g/mol. The summed E-state index contributed by atoms with van der Waals surface area (Å²) < 4.78 is 0. The molecule has 2 saturated heterocycles. The molecule has 0 N–H and O–H groups in total. The molecule has 0 spiro atoms. The number of thioether (sulfide) groups is 1. The number of alkyl halides is 1. The minimum atomic E-state index is -0.266. The number of likely N-dealkylation sites (tertiary alicyclic amines) is 1. The molecule has 15 heavy (non-hydrogen) atoms. The second-order valence-electron chi connectivity index (χ2n) is 4.41. The van der Waals surface area contributed by atoms with Crippen LogP contribution < -0.4 is 0 Å². The number of nitrogens with zero attached hydrogens (tertiary/aromatic N) is 1. The number of piperidine rings is 1. The van der Waals surface area contributed by atoms with Gasteiger partial charge in [0, 0.05) is 13.1 Å². The van der Waals surface area contributed by atoms with E-state index in [0.717, 1.165) is 38.1 Å². The second-order valence-corrected chi connectivity index (χ2v) is 6.03. The third kappa shape index (κ3) is 2.82. The van der Waals surface area contributed by atoms with Gasteiger partial charge in [0.05, 0.1) is 0 Å². The molecule has 2 aliphatic rings. The number of amides is 1. The molecule has 0 aliphatic carbocycles. The Hall–Kier alpha value is 0.110. The van der Waals surface area contributed by atoms with Gasteiger partial charge in [-0.3, -0.25) is 4.79 Å². The molecule has 2 fully saturated rings. The van der Waals surface area contributed by atoms with Gasteiger partial charge in [-0.1, -0.05) is 0 Å². The standard InChI is InChI=1S/C11H18ClNOS/c12-10(9-4-7-15-8-9)11(14)13-5-2-1-3-6-13/h9-10H,1-8H2. The van der Waals surface area contributed by atoms with Crippen molar-refractivity contribution in [3.63, 3.8) is 0 Å². The first-order chi connectivity index (χ1) is 7.29. The van der Waals surface area contributed by atoms with Crippen molar-refractivity contribution in [3.8, 4) is 0 Å². The zero-order chi connectivity index (χ0) is 10.7. The minimum absolute atomic E-state index is 0.184. The number of hydrogen-bond donors (Lipinski definition) is 0. The Balaban J connectivity index is 1.87. The van der Waals surface area contributed by atoms with Crippen LogP contribution in [0.15, 0.2) is 0 Å². The van der Waals surface area contributed by atoms with Gasteiger partial charge in [-0.25, -0.2) is 0 Å². The van der Waals surface area contributed by atoms with Gasteiger partial charge in [0.1, 0.15) is 5.38 Å². The van der Waals surface area contributed by atoms with Crippen LogP contribution in [0.5, 0.6) is 0 Å². The van der Waals surface area contributed by atoms with Gasteiger partial charge in [-0.2, -0.15) is 11.8 Å². The monoisotopic (exact) mass is 247 g/mol. The highest BCUT2D eigenvalue weighted by molar-refractivity contribution is 7.99. The molecule has 1 amide bonds. The molecule has 0 radical (unpaired) electrons. The van der Waals surface area contributed by atoms with E-state index in [0.29, 0.717) is 5.92 Å². The Bertz CT molecular complexity index is 225.